The molecule has 0 aliphatic carbocycles. The minimum Gasteiger partial charge on any atom is -0.298 e. The van der Waals surface area contributed by atoms with Crippen LogP contribution in [0.2, 0.25) is 0 Å². The molecule has 1 fully saturated rings. The lowest BCUT2D eigenvalue weighted by molar-refractivity contribution is -0.158. The minimum absolute atomic E-state index is 0.110. The van der Waals surface area contributed by atoms with Gasteiger partial charge >= 0.3 is 0 Å². The van der Waals surface area contributed by atoms with E-state index < -0.39 is 0 Å². The van der Waals surface area contributed by atoms with Crippen LogP contribution in [0.1, 0.15) is 33.6 Å². The van der Waals surface area contributed by atoms with Gasteiger partial charge in [-0.1, -0.05) is 13.8 Å². The van der Waals surface area contributed by atoms with Crippen molar-refractivity contribution in [1.82, 2.24) is 10.0 Å². The molecule has 4 nitrogen and oxygen atoms in total. The fourth-order valence-electron chi connectivity index (χ4n) is 1.80. The Kier molecular flexibility index (Phi) is 4.27. The summed E-state index contributed by atoms with van der Waals surface area (Å²) in [5.41, 5.74) is 0. The smallest absolute Gasteiger partial charge is 0.236 e. The van der Waals surface area contributed by atoms with Crippen LogP contribution >= 0.6 is 0 Å². The average molecular weight is 212 g/mol. The first-order chi connectivity index (χ1) is 7.00. The molecule has 0 unspecified atom stereocenters. The first-order valence-corrected chi connectivity index (χ1v) is 5.55. The van der Waals surface area contributed by atoms with Gasteiger partial charge in [0, 0.05) is 19.5 Å². The number of rotatable bonds is 4. The van der Waals surface area contributed by atoms with Gasteiger partial charge in [-0.3, -0.25) is 14.6 Å². The molecule has 1 rings (SSSR count). The van der Waals surface area contributed by atoms with Crippen LogP contribution in [-0.4, -0.2) is 41.3 Å². The van der Waals surface area contributed by atoms with Gasteiger partial charge in [0.15, 0.2) is 0 Å². The third-order valence-corrected chi connectivity index (χ3v) is 2.38. The van der Waals surface area contributed by atoms with Crippen LogP contribution in [0.15, 0.2) is 0 Å². The molecular formula is C11H20N2O2. The summed E-state index contributed by atoms with van der Waals surface area (Å²) < 4.78 is 0. The van der Waals surface area contributed by atoms with Gasteiger partial charge in [0.05, 0.1) is 6.54 Å². The molecule has 0 atom stereocenters. The van der Waals surface area contributed by atoms with Gasteiger partial charge in [-0.05, 0) is 19.3 Å². The van der Waals surface area contributed by atoms with Crippen LogP contribution in [0.3, 0.4) is 0 Å². The van der Waals surface area contributed by atoms with Crippen molar-refractivity contribution >= 4 is 11.7 Å². The SMILES string of the molecule is CC(=O)CN1CCCC(=O)N1CC(C)C. The number of nitrogens with zero attached hydrogens (tertiary/aromatic N) is 2. The third-order valence-electron chi connectivity index (χ3n) is 2.38. The Hall–Kier alpha value is -0.900. The predicted octanol–water partition coefficient (Wildman–Crippen LogP) is 1.07. The van der Waals surface area contributed by atoms with Crippen molar-refractivity contribution in [3.05, 3.63) is 0 Å². The van der Waals surface area contributed by atoms with Crippen molar-refractivity contribution in [2.45, 2.75) is 33.6 Å². The Morgan fingerprint density at radius 3 is 2.67 bits per heavy atom. The van der Waals surface area contributed by atoms with Gasteiger partial charge in [-0.2, -0.15) is 0 Å². The lowest BCUT2D eigenvalue weighted by atomic mass is 10.1. The van der Waals surface area contributed by atoms with Crippen LogP contribution < -0.4 is 0 Å². The molecule has 1 aliphatic heterocycles. The first kappa shape index (κ1) is 12.2. The van der Waals surface area contributed by atoms with Gasteiger partial charge in [0.25, 0.3) is 0 Å². The number of hydrogen-bond donors (Lipinski definition) is 0. The maximum absolute atomic E-state index is 11.7. The quantitative estimate of drug-likeness (QED) is 0.700. The first-order valence-electron chi connectivity index (χ1n) is 5.55. The van der Waals surface area contributed by atoms with E-state index in [9.17, 15) is 9.59 Å². The van der Waals surface area contributed by atoms with Crippen molar-refractivity contribution in [3.63, 3.8) is 0 Å². The predicted molar refractivity (Wildman–Crippen MR) is 58.0 cm³/mol. The molecule has 0 aromatic carbocycles. The molecule has 1 heterocycles. The van der Waals surface area contributed by atoms with Crippen molar-refractivity contribution in [2.75, 3.05) is 19.6 Å². The van der Waals surface area contributed by atoms with Gasteiger partial charge in [0.2, 0.25) is 5.91 Å². The van der Waals surface area contributed by atoms with E-state index in [0.29, 0.717) is 25.4 Å². The minimum atomic E-state index is 0.110. The largest absolute Gasteiger partial charge is 0.298 e. The number of carbonyl (C=O) groups is 2. The van der Waals surface area contributed by atoms with Crippen molar-refractivity contribution < 1.29 is 9.59 Å². The second-order valence-electron chi connectivity index (χ2n) is 4.56. The van der Waals surface area contributed by atoms with E-state index in [1.807, 2.05) is 5.01 Å². The van der Waals surface area contributed by atoms with Crippen LogP contribution in [0.25, 0.3) is 0 Å². The maximum atomic E-state index is 11.7. The standard InChI is InChI=1S/C11H20N2O2/c1-9(2)7-13-11(15)5-4-6-12(13)8-10(3)14/h9H,4-8H2,1-3H3. The summed E-state index contributed by atoms with van der Waals surface area (Å²) in [4.78, 5) is 22.8. The van der Waals surface area contributed by atoms with Crippen LogP contribution in [-0.2, 0) is 9.59 Å². The highest BCUT2D eigenvalue weighted by molar-refractivity contribution is 5.80. The molecular weight excluding hydrogens is 192 g/mol. The number of hydrazine groups is 1. The number of Topliss-reactive ketones (excluding diaryl/α,β-unsaturated/α-hetero) is 1. The lowest BCUT2D eigenvalue weighted by Crippen LogP contribution is -2.53. The Bertz CT molecular complexity index is 251. The van der Waals surface area contributed by atoms with E-state index >= 15 is 0 Å². The summed E-state index contributed by atoms with van der Waals surface area (Å²) in [5, 5.41) is 3.63. The molecule has 0 saturated carbocycles. The van der Waals surface area contributed by atoms with Gasteiger partial charge in [-0.25, -0.2) is 5.01 Å². The van der Waals surface area contributed by atoms with E-state index in [-0.39, 0.29) is 11.7 Å². The molecule has 0 N–H and O–H groups in total. The maximum Gasteiger partial charge on any atom is 0.236 e. The zero-order chi connectivity index (χ0) is 11.4. The molecule has 86 valence electrons. The Morgan fingerprint density at radius 2 is 2.13 bits per heavy atom. The third kappa shape index (κ3) is 3.63. The molecule has 0 radical (unpaired) electrons. The van der Waals surface area contributed by atoms with Crippen molar-refractivity contribution in [1.29, 1.82) is 0 Å². The molecule has 0 aromatic heterocycles. The Labute approximate surface area is 91.2 Å². The molecule has 1 aliphatic rings. The Balaban J connectivity index is 2.63. The average Bonchev–Trinajstić information content (AvgIpc) is 2.09. The summed E-state index contributed by atoms with van der Waals surface area (Å²) in [6.45, 7) is 7.61. The lowest BCUT2D eigenvalue weighted by Gasteiger charge is -2.38. The number of ketones is 1. The second-order valence-corrected chi connectivity index (χ2v) is 4.56. The van der Waals surface area contributed by atoms with E-state index in [1.54, 1.807) is 11.9 Å². The van der Waals surface area contributed by atoms with E-state index in [2.05, 4.69) is 13.8 Å². The summed E-state index contributed by atoms with van der Waals surface area (Å²) in [7, 11) is 0. The van der Waals surface area contributed by atoms with Gasteiger partial charge in [0.1, 0.15) is 5.78 Å². The highest BCUT2D eigenvalue weighted by atomic mass is 16.2. The van der Waals surface area contributed by atoms with Crippen molar-refractivity contribution in [2.24, 2.45) is 5.92 Å². The van der Waals surface area contributed by atoms with Gasteiger partial charge < -0.3 is 0 Å². The topological polar surface area (TPSA) is 40.6 Å². The molecule has 0 spiro atoms. The normalized spacial score (nSPS) is 18.7. The molecule has 0 bridgehead atoms. The van der Waals surface area contributed by atoms with Gasteiger partial charge in [-0.15, -0.1) is 0 Å². The fourth-order valence-corrected chi connectivity index (χ4v) is 1.80. The number of hydrogen-bond acceptors (Lipinski definition) is 3. The van der Waals surface area contributed by atoms with Crippen LogP contribution in [0.4, 0.5) is 0 Å². The number of carbonyl (C=O) groups excluding carboxylic acids is 2. The van der Waals surface area contributed by atoms with Crippen LogP contribution in [0.5, 0.6) is 0 Å². The second kappa shape index (κ2) is 5.26. The summed E-state index contributed by atoms with van der Waals surface area (Å²) in [6, 6.07) is 0. The monoisotopic (exact) mass is 212 g/mol. The molecule has 1 amide bonds. The Morgan fingerprint density at radius 1 is 1.47 bits per heavy atom. The highest BCUT2D eigenvalue weighted by Gasteiger charge is 2.26. The molecule has 0 aromatic rings. The van der Waals surface area contributed by atoms with Crippen LogP contribution in [0, 0.1) is 5.92 Å². The molecule has 4 heteroatoms. The van der Waals surface area contributed by atoms with E-state index in [0.717, 1.165) is 13.0 Å². The fraction of sp³-hybridized carbons (Fsp3) is 0.818. The number of amides is 1. The molecule has 1 saturated heterocycles. The van der Waals surface area contributed by atoms with E-state index in [1.165, 1.54) is 0 Å². The zero-order valence-corrected chi connectivity index (χ0v) is 9.82. The zero-order valence-electron chi connectivity index (χ0n) is 9.82. The van der Waals surface area contributed by atoms with E-state index in [4.69, 9.17) is 0 Å². The highest BCUT2D eigenvalue weighted by Crippen LogP contribution is 2.14. The summed E-state index contributed by atoms with van der Waals surface area (Å²) >= 11 is 0. The summed E-state index contributed by atoms with van der Waals surface area (Å²) in [6.07, 6.45) is 1.47. The molecule has 15 heavy (non-hydrogen) atoms. The van der Waals surface area contributed by atoms with Crippen molar-refractivity contribution in [3.8, 4) is 0 Å². The summed E-state index contributed by atoms with van der Waals surface area (Å²) in [5.74, 6) is 0.691.